The van der Waals surface area contributed by atoms with Crippen LogP contribution >= 0.6 is 0 Å². The first kappa shape index (κ1) is 9.40. The minimum atomic E-state index is -0.0119. The Balaban J connectivity index is 2.38. The molecule has 1 aromatic carbocycles. The van der Waals surface area contributed by atoms with Crippen molar-refractivity contribution in [2.24, 2.45) is 5.10 Å². The summed E-state index contributed by atoms with van der Waals surface area (Å²) in [5.74, 6) is 0. The fraction of sp³-hybridized carbons (Fsp3) is 0. The molecular formula is C12H10N2O. The zero-order valence-electron chi connectivity index (χ0n) is 8.08. The monoisotopic (exact) mass is 198 g/mol. The van der Waals surface area contributed by atoms with Crippen molar-refractivity contribution in [1.29, 1.82) is 0 Å². The topological polar surface area (TPSA) is 32.7 Å². The second-order valence-electron chi connectivity index (χ2n) is 3.02. The molecule has 0 bridgehead atoms. The van der Waals surface area contributed by atoms with Crippen molar-refractivity contribution in [1.82, 2.24) is 0 Å². The molecule has 0 saturated heterocycles. The molecule has 0 radical (unpaired) electrons. The Bertz CT molecular complexity index is 473. The number of hydrogen-bond acceptors (Lipinski definition) is 3. The van der Waals surface area contributed by atoms with E-state index < -0.39 is 0 Å². The summed E-state index contributed by atoms with van der Waals surface area (Å²) in [7, 11) is 0. The summed E-state index contributed by atoms with van der Waals surface area (Å²) < 4.78 is 0. The highest BCUT2D eigenvalue weighted by molar-refractivity contribution is 5.74. The minimum Gasteiger partial charge on any atom is -0.290 e. The normalized spacial score (nSPS) is 14.0. The fourth-order valence-electron chi connectivity index (χ4n) is 1.22. The van der Waals surface area contributed by atoms with E-state index in [4.69, 9.17) is 0 Å². The number of rotatable bonds is 1. The number of hydrazone groups is 1. The van der Waals surface area contributed by atoms with E-state index in [9.17, 15) is 4.79 Å². The molecule has 1 aliphatic heterocycles. The van der Waals surface area contributed by atoms with Crippen LogP contribution < -0.4 is 10.4 Å². The molecule has 0 spiro atoms. The van der Waals surface area contributed by atoms with Gasteiger partial charge in [-0.05, 0) is 36.4 Å². The van der Waals surface area contributed by atoms with Crippen molar-refractivity contribution in [3.05, 3.63) is 65.0 Å². The summed E-state index contributed by atoms with van der Waals surface area (Å²) >= 11 is 0. The fourth-order valence-corrected chi connectivity index (χ4v) is 1.22. The standard InChI is InChI=1S/C12H10N2O/c15-12-6-4-5-11(7-8-12)14-10-3-1-2-9-13-14/h1-10H. The molecule has 0 aromatic heterocycles. The maximum absolute atomic E-state index is 11.1. The van der Waals surface area contributed by atoms with Gasteiger partial charge in [0.1, 0.15) is 0 Å². The third-order valence-corrected chi connectivity index (χ3v) is 1.94. The van der Waals surface area contributed by atoms with Gasteiger partial charge in [-0.15, -0.1) is 0 Å². The highest BCUT2D eigenvalue weighted by Gasteiger charge is 1.98. The van der Waals surface area contributed by atoms with Crippen LogP contribution in [0.25, 0.3) is 0 Å². The molecule has 74 valence electrons. The van der Waals surface area contributed by atoms with Crippen LogP contribution in [0.3, 0.4) is 0 Å². The summed E-state index contributed by atoms with van der Waals surface area (Å²) in [6.45, 7) is 0. The second-order valence-corrected chi connectivity index (χ2v) is 3.02. The highest BCUT2D eigenvalue weighted by atomic mass is 16.1. The molecule has 0 aliphatic carbocycles. The van der Waals surface area contributed by atoms with Gasteiger partial charge < -0.3 is 0 Å². The first-order chi connectivity index (χ1) is 7.36. The van der Waals surface area contributed by atoms with Crippen molar-refractivity contribution >= 4 is 11.9 Å². The average Bonchev–Trinajstić information content (AvgIpc) is 2.59. The quantitative estimate of drug-likeness (QED) is 0.690. The zero-order valence-corrected chi connectivity index (χ0v) is 8.08. The molecule has 15 heavy (non-hydrogen) atoms. The first-order valence-corrected chi connectivity index (χ1v) is 4.63. The van der Waals surface area contributed by atoms with Crippen LogP contribution in [0.4, 0.5) is 5.69 Å². The SMILES string of the molecule is O=c1cccc(N2C=CC=CC=N2)cc1. The van der Waals surface area contributed by atoms with E-state index in [1.165, 1.54) is 12.1 Å². The summed E-state index contributed by atoms with van der Waals surface area (Å²) in [5.41, 5.74) is 0.843. The molecule has 3 nitrogen and oxygen atoms in total. The number of nitrogens with zero attached hydrogens (tertiary/aromatic N) is 2. The van der Waals surface area contributed by atoms with Gasteiger partial charge in [0.15, 0.2) is 5.43 Å². The third-order valence-electron chi connectivity index (χ3n) is 1.94. The van der Waals surface area contributed by atoms with Crippen LogP contribution in [0.2, 0.25) is 0 Å². The van der Waals surface area contributed by atoms with Crippen molar-refractivity contribution in [2.45, 2.75) is 0 Å². The van der Waals surface area contributed by atoms with Gasteiger partial charge >= 0.3 is 0 Å². The predicted octanol–water partition coefficient (Wildman–Crippen LogP) is 1.92. The molecule has 1 aromatic rings. The second kappa shape index (κ2) is 4.37. The molecule has 0 N–H and O–H groups in total. The van der Waals surface area contributed by atoms with E-state index in [0.717, 1.165) is 5.69 Å². The zero-order chi connectivity index (χ0) is 10.5. The summed E-state index contributed by atoms with van der Waals surface area (Å²) in [6, 6.07) is 8.35. The molecule has 0 atom stereocenters. The summed E-state index contributed by atoms with van der Waals surface area (Å²) in [6.07, 6.45) is 9.16. The van der Waals surface area contributed by atoms with E-state index in [0.29, 0.717) is 0 Å². The summed E-state index contributed by atoms with van der Waals surface area (Å²) in [4.78, 5) is 11.1. The lowest BCUT2D eigenvalue weighted by Gasteiger charge is -2.11. The van der Waals surface area contributed by atoms with Crippen LogP contribution in [0, 0.1) is 0 Å². The highest BCUT2D eigenvalue weighted by Crippen LogP contribution is 2.12. The van der Waals surface area contributed by atoms with Crippen LogP contribution in [-0.2, 0) is 0 Å². The van der Waals surface area contributed by atoms with E-state index in [1.54, 1.807) is 23.4 Å². The van der Waals surface area contributed by atoms with E-state index in [2.05, 4.69) is 5.10 Å². The van der Waals surface area contributed by atoms with Gasteiger partial charge in [-0.1, -0.05) is 12.1 Å². The number of allylic oxidation sites excluding steroid dienone is 3. The van der Waals surface area contributed by atoms with Gasteiger partial charge in [0.05, 0.1) is 5.69 Å². The van der Waals surface area contributed by atoms with Crippen LogP contribution in [-0.4, -0.2) is 6.21 Å². The average molecular weight is 198 g/mol. The van der Waals surface area contributed by atoms with Crippen LogP contribution in [0.15, 0.2) is 64.7 Å². The maximum Gasteiger partial charge on any atom is 0.178 e. The van der Waals surface area contributed by atoms with Crippen LogP contribution in [0.5, 0.6) is 0 Å². The van der Waals surface area contributed by atoms with Gasteiger partial charge in [-0.3, -0.25) is 4.79 Å². The number of anilines is 1. The molecule has 1 aliphatic rings. The van der Waals surface area contributed by atoms with E-state index >= 15 is 0 Å². The van der Waals surface area contributed by atoms with Crippen molar-refractivity contribution in [2.75, 3.05) is 5.01 Å². The minimum absolute atomic E-state index is 0.0119. The van der Waals surface area contributed by atoms with Crippen LogP contribution in [0.1, 0.15) is 0 Å². The number of hydrogen-bond donors (Lipinski definition) is 0. The van der Waals surface area contributed by atoms with Gasteiger partial charge in [-0.2, -0.15) is 5.10 Å². The summed E-state index contributed by atoms with van der Waals surface area (Å²) in [5, 5.41) is 5.89. The lowest BCUT2D eigenvalue weighted by atomic mass is 10.4. The Morgan fingerprint density at radius 2 is 1.93 bits per heavy atom. The molecular weight excluding hydrogens is 188 g/mol. The van der Waals surface area contributed by atoms with Gasteiger partial charge in [0.2, 0.25) is 0 Å². The molecule has 0 saturated carbocycles. The Labute approximate surface area is 87.7 Å². The molecule has 0 amide bonds. The Kier molecular flexibility index (Phi) is 2.74. The molecule has 1 heterocycles. The lowest BCUT2D eigenvalue weighted by molar-refractivity contribution is 1.09. The van der Waals surface area contributed by atoms with E-state index in [1.807, 2.05) is 30.5 Å². The predicted molar refractivity (Wildman–Crippen MR) is 62.0 cm³/mol. The Morgan fingerprint density at radius 3 is 2.87 bits per heavy atom. The van der Waals surface area contributed by atoms with Gasteiger partial charge in [0, 0.05) is 12.4 Å². The molecule has 3 heteroatoms. The molecule has 2 rings (SSSR count). The molecule has 0 unspecified atom stereocenters. The van der Waals surface area contributed by atoms with E-state index in [-0.39, 0.29) is 5.43 Å². The largest absolute Gasteiger partial charge is 0.290 e. The Hall–Kier alpha value is -2.16. The van der Waals surface area contributed by atoms with Crippen molar-refractivity contribution in [3.63, 3.8) is 0 Å². The smallest absolute Gasteiger partial charge is 0.178 e. The lowest BCUT2D eigenvalue weighted by Crippen LogP contribution is -2.05. The first-order valence-electron chi connectivity index (χ1n) is 4.63. The maximum atomic E-state index is 11.1. The van der Waals surface area contributed by atoms with Crippen molar-refractivity contribution < 1.29 is 0 Å². The third kappa shape index (κ3) is 2.40. The van der Waals surface area contributed by atoms with Gasteiger partial charge in [0.25, 0.3) is 0 Å². The van der Waals surface area contributed by atoms with Crippen molar-refractivity contribution in [3.8, 4) is 0 Å². The van der Waals surface area contributed by atoms with Gasteiger partial charge in [-0.25, -0.2) is 5.01 Å². The Morgan fingerprint density at radius 1 is 1.00 bits per heavy atom. The molecule has 0 fully saturated rings.